The molecule has 1 saturated heterocycles. The van der Waals surface area contributed by atoms with Gasteiger partial charge in [0.2, 0.25) is 0 Å². The lowest BCUT2D eigenvalue weighted by atomic mass is 9.77. The maximum Gasteiger partial charge on any atom is 0.494 e. The summed E-state index contributed by atoms with van der Waals surface area (Å²) in [6.45, 7) is 7.82. The summed E-state index contributed by atoms with van der Waals surface area (Å²) in [6.07, 6.45) is 0. The van der Waals surface area contributed by atoms with Gasteiger partial charge in [0, 0.05) is 11.3 Å². The van der Waals surface area contributed by atoms with Gasteiger partial charge in [-0.1, -0.05) is 18.2 Å². The van der Waals surface area contributed by atoms with Crippen LogP contribution in [0, 0.1) is 5.82 Å². The van der Waals surface area contributed by atoms with Gasteiger partial charge < -0.3 is 15.0 Å². The van der Waals surface area contributed by atoms with Gasteiger partial charge in [0.05, 0.1) is 16.8 Å². The van der Waals surface area contributed by atoms with Crippen LogP contribution in [0.2, 0.25) is 0 Å². The van der Waals surface area contributed by atoms with Crippen LogP contribution >= 0.6 is 0 Å². The van der Waals surface area contributed by atoms with Crippen molar-refractivity contribution in [3.05, 3.63) is 59.4 Å². The van der Waals surface area contributed by atoms with Gasteiger partial charge in [-0.25, -0.2) is 4.39 Å². The first-order valence-corrected chi connectivity index (χ1v) is 8.17. The van der Waals surface area contributed by atoms with Crippen molar-refractivity contribution < 1.29 is 18.5 Å². The molecule has 0 aliphatic carbocycles. The largest absolute Gasteiger partial charge is 0.494 e. The molecule has 130 valence electrons. The van der Waals surface area contributed by atoms with Crippen LogP contribution in [0.5, 0.6) is 0 Å². The molecule has 0 saturated carbocycles. The third-order valence-corrected chi connectivity index (χ3v) is 4.97. The summed E-state index contributed by atoms with van der Waals surface area (Å²) in [6, 6.07) is 10.8. The molecule has 0 unspecified atom stereocenters. The van der Waals surface area contributed by atoms with E-state index in [9.17, 15) is 9.18 Å². The Balaban J connectivity index is 1.98. The number of carbonyl (C=O) groups excluding carboxylic acids is 1. The zero-order valence-corrected chi connectivity index (χ0v) is 14.8. The quantitative estimate of drug-likeness (QED) is 0.530. The minimum atomic E-state index is -0.613. The zero-order chi connectivity index (χ0) is 18.4. The van der Waals surface area contributed by atoms with E-state index < -0.39 is 29.9 Å². The number of ketones is 1. The second kappa shape index (κ2) is 5.97. The van der Waals surface area contributed by atoms with Crippen LogP contribution in [-0.4, -0.2) is 24.1 Å². The minimum Gasteiger partial charge on any atom is -0.399 e. The first kappa shape index (κ1) is 17.6. The van der Waals surface area contributed by atoms with Gasteiger partial charge in [-0.2, -0.15) is 0 Å². The highest BCUT2D eigenvalue weighted by Crippen LogP contribution is 2.36. The second-order valence-electron chi connectivity index (χ2n) is 7.24. The molecule has 0 radical (unpaired) electrons. The van der Waals surface area contributed by atoms with E-state index in [1.54, 1.807) is 24.3 Å². The molecule has 0 bridgehead atoms. The fraction of sp³-hybridized carbons (Fsp3) is 0.316. The predicted molar refractivity (Wildman–Crippen MR) is 96.4 cm³/mol. The molecule has 25 heavy (non-hydrogen) atoms. The van der Waals surface area contributed by atoms with Gasteiger partial charge in [-0.05, 0) is 57.4 Å². The number of nitrogens with two attached hydrogens (primary N) is 1. The Kier molecular flexibility index (Phi) is 4.21. The molecule has 6 heteroatoms. The van der Waals surface area contributed by atoms with Crippen LogP contribution in [-0.2, 0) is 9.31 Å². The number of rotatable bonds is 3. The normalized spacial score (nSPS) is 18.4. The monoisotopic (exact) mass is 341 g/mol. The minimum absolute atomic E-state index is 0.0136. The topological polar surface area (TPSA) is 61.5 Å². The van der Waals surface area contributed by atoms with Gasteiger partial charge in [0.25, 0.3) is 0 Å². The summed E-state index contributed by atoms with van der Waals surface area (Å²) in [5.41, 5.74) is 6.15. The number of carbonyl (C=O) groups is 1. The average molecular weight is 341 g/mol. The molecule has 2 aromatic rings. The van der Waals surface area contributed by atoms with E-state index >= 15 is 0 Å². The van der Waals surface area contributed by atoms with E-state index in [0.717, 1.165) is 0 Å². The highest BCUT2D eigenvalue weighted by Gasteiger charge is 2.51. The Labute approximate surface area is 147 Å². The standard InChI is InChI=1S/C19H21BFNO3/c1-18(2)19(3,4)25-20(24-18)12-9-10-16(22)14(11-12)17(23)13-7-5-6-8-15(13)21/h5-11H,22H2,1-4H3. The van der Waals surface area contributed by atoms with Gasteiger partial charge in [0.15, 0.2) is 5.78 Å². The Morgan fingerprint density at radius 3 is 2.20 bits per heavy atom. The van der Waals surface area contributed by atoms with E-state index in [1.165, 1.54) is 18.2 Å². The van der Waals surface area contributed by atoms with Crippen molar-refractivity contribution in [1.29, 1.82) is 0 Å². The Morgan fingerprint density at radius 2 is 1.60 bits per heavy atom. The van der Waals surface area contributed by atoms with Crippen LogP contribution in [0.25, 0.3) is 0 Å². The molecule has 2 N–H and O–H groups in total. The fourth-order valence-electron chi connectivity index (χ4n) is 2.69. The van der Waals surface area contributed by atoms with Gasteiger partial charge in [-0.3, -0.25) is 4.79 Å². The Morgan fingerprint density at radius 1 is 1.00 bits per heavy atom. The number of hydrogen-bond donors (Lipinski definition) is 1. The molecule has 1 heterocycles. The van der Waals surface area contributed by atoms with E-state index in [1.807, 2.05) is 27.7 Å². The number of hydrogen-bond acceptors (Lipinski definition) is 4. The summed E-state index contributed by atoms with van der Waals surface area (Å²) < 4.78 is 26.0. The SMILES string of the molecule is CC1(C)OB(c2ccc(N)c(C(=O)c3ccccc3F)c2)OC1(C)C. The lowest BCUT2D eigenvalue weighted by molar-refractivity contribution is 0.00578. The molecule has 1 aliphatic heterocycles. The molecular weight excluding hydrogens is 320 g/mol. The number of benzene rings is 2. The van der Waals surface area contributed by atoms with Gasteiger partial charge in [-0.15, -0.1) is 0 Å². The second-order valence-corrected chi connectivity index (χ2v) is 7.24. The highest BCUT2D eigenvalue weighted by molar-refractivity contribution is 6.62. The lowest BCUT2D eigenvalue weighted by Gasteiger charge is -2.32. The first-order chi connectivity index (χ1) is 11.6. The summed E-state index contributed by atoms with van der Waals surface area (Å²) in [5, 5.41) is 0. The van der Waals surface area contributed by atoms with E-state index in [0.29, 0.717) is 5.46 Å². The molecule has 0 amide bonds. The van der Waals surface area contributed by atoms with Crippen LogP contribution in [0.15, 0.2) is 42.5 Å². The third kappa shape index (κ3) is 3.07. The van der Waals surface area contributed by atoms with E-state index in [4.69, 9.17) is 15.0 Å². The molecule has 3 rings (SSSR count). The van der Waals surface area contributed by atoms with Crippen LogP contribution in [0.4, 0.5) is 10.1 Å². The zero-order valence-electron chi connectivity index (χ0n) is 14.8. The average Bonchev–Trinajstić information content (AvgIpc) is 2.75. The summed E-state index contributed by atoms with van der Waals surface area (Å²) >= 11 is 0. The van der Waals surface area contributed by atoms with Gasteiger partial charge in [0.1, 0.15) is 5.82 Å². The van der Waals surface area contributed by atoms with Crippen LogP contribution in [0.3, 0.4) is 0 Å². The van der Waals surface area contributed by atoms with E-state index in [2.05, 4.69) is 0 Å². The Hall–Kier alpha value is -2.18. The molecule has 1 aliphatic rings. The molecular formula is C19H21BFNO3. The molecule has 1 fully saturated rings. The highest BCUT2D eigenvalue weighted by atomic mass is 19.1. The molecule has 0 atom stereocenters. The summed E-state index contributed by atoms with van der Waals surface area (Å²) in [4.78, 5) is 12.7. The predicted octanol–water partition coefficient (Wildman–Crippen LogP) is 2.94. The van der Waals surface area contributed by atoms with Crippen molar-refractivity contribution in [2.45, 2.75) is 38.9 Å². The fourth-order valence-corrected chi connectivity index (χ4v) is 2.69. The van der Waals surface area contributed by atoms with Crippen LogP contribution < -0.4 is 11.2 Å². The van der Waals surface area contributed by atoms with Crippen molar-refractivity contribution >= 4 is 24.1 Å². The lowest BCUT2D eigenvalue weighted by Crippen LogP contribution is -2.41. The number of halogens is 1. The molecule has 4 nitrogen and oxygen atoms in total. The third-order valence-electron chi connectivity index (χ3n) is 4.97. The van der Waals surface area contributed by atoms with Crippen molar-refractivity contribution in [3.8, 4) is 0 Å². The first-order valence-electron chi connectivity index (χ1n) is 8.17. The molecule has 2 aromatic carbocycles. The van der Waals surface area contributed by atoms with Crippen molar-refractivity contribution in [2.24, 2.45) is 0 Å². The smallest absolute Gasteiger partial charge is 0.399 e. The van der Waals surface area contributed by atoms with Crippen molar-refractivity contribution in [3.63, 3.8) is 0 Å². The molecule has 0 aromatic heterocycles. The van der Waals surface area contributed by atoms with Crippen molar-refractivity contribution in [1.82, 2.24) is 0 Å². The molecule has 0 spiro atoms. The maximum atomic E-state index is 14.0. The van der Waals surface area contributed by atoms with Crippen LogP contribution in [0.1, 0.15) is 43.6 Å². The number of anilines is 1. The number of nitrogen functional groups attached to an aromatic ring is 1. The van der Waals surface area contributed by atoms with Crippen molar-refractivity contribution in [2.75, 3.05) is 5.73 Å². The summed E-state index contributed by atoms with van der Waals surface area (Å²) in [5.74, 6) is -1.04. The van der Waals surface area contributed by atoms with Gasteiger partial charge >= 0.3 is 7.12 Å². The van der Waals surface area contributed by atoms with E-state index in [-0.39, 0.29) is 16.8 Å². The summed E-state index contributed by atoms with van der Waals surface area (Å²) in [7, 11) is -0.613. The Bertz CT molecular complexity index is 819. The maximum absolute atomic E-state index is 14.0.